The fraction of sp³-hybridized carbons (Fsp3) is 0.444. The Morgan fingerprint density at radius 1 is 1.14 bits per heavy atom. The number of anilines is 1. The van der Waals surface area contributed by atoms with Gasteiger partial charge in [-0.25, -0.2) is 4.39 Å². The molecule has 36 heavy (non-hydrogen) atoms. The first kappa shape index (κ1) is 25.5. The Hall–Kier alpha value is -3.62. The lowest BCUT2D eigenvalue weighted by Gasteiger charge is -2.33. The second-order valence-corrected chi connectivity index (χ2v) is 9.89. The number of carbonyl (C=O) groups excluding carboxylic acids is 2. The van der Waals surface area contributed by atoms with Crippen molar-refractivity contribution >= 4 is 17.5 Å². The zero-order valence-electron chi connectivity index (χ0n) is 21.0. The number of nitrogens with one attached hydrogen (secondary N) is 1. The molecule has 1 saturated carbocycles. The lowest BCUT2D eigenvalue weighted by Crippen LogP contribution is -2.53. The van der Waals surface area contributed by atoms with Gasteiger partial charge in [-0.3, -0.25) is 14.5 Å². The van der Waals surface area contributed by atoms with Crippen LogP contribution in [0.4, 0.5) is 10.1 Å². The van der Waals surface area contributed by atoms with E-state index in [4.69, 9.17) is 0 Å². The first-order valence-electron chi connectivity index (χ1n) is 12.5. The monoisotopic (exact) mass is 492 g/mol. The minimum Gasteiger partial charge on any atom is -0.352 e. The Labute approximate surface area is 210 Å². The molecule has 0 radical (unpaired) electrons. The summed E-state index contributed by atoms with van der Waals surface area (Å²) in [6.45, 7) is 5.75. The molecule has 1 aliphatic rings. The number of rotatable bonds is 9. The van der Waals surface area contributed by atoms with E-state index >= 15 is 0 Å². The van der Waals surface area contributed by atoms with Crippen molar-refractivity contribution in [1.82, 2.24) is 25.5 Å². The van der Waals surface area contributed by atoms with Crippen molar-refractivity contribution in [1.29, 1.82) is 0 Å². The number of halogens is 1. The van der Waals surface area contributed by atoms with Crippen molar-refractivity contribution in [2.45, 2.75) is 71.5 Å². The van der Waals surface area contributed by atoms with Crippen LogP contribution in [0.1, 0.15) is 51.5 Å². The van der Waals surface area contributed by atoms with Crippen molar-refractivity contribution in [3.05, 3.63) is 59.9 Å². The number of benzene rings is 2. The highest BCUT2D eigenvalue weighted by Crippen LogP contribution is 2.25. The third kappa shape index (κ3) is 6.33. The highest BCUT2D eigenvalue weighted by atomic mass is 19.1. The minimum atomic E-state index is -0.792. The summed E-state index contributed by atoms with van der Waals surface area (Å²) in [5.74, 6) is -0.588. The third-order valence-corrected chi connectivity index (χ3v) is 6.40. The molecule has 0 saturated heterocycles. The maximum absolute atomic E-state index is 14.2. The molecule has 2 aromatic carbocycles. The highest BCUT2D eigenvalue weighted by molar-refractivity contribution is 6.00. The predicted octanol–water partition coefficient (Wildman–Crippen LogP) is 4.29. The molecular weight excluding hydrogens is 459 g/mol. The molecular formula is C27H33FN6O2. The van der Waals surface area contributed by atoms with E-state index in [-0.39, 0.29) is 24.4 Å². The molecule has 3 aromatic rings. The first-order valence-corrected chi connectivity index (χ1v) is 12.5. The van der Waals surface area contributed by atoms with Gasteiger partial charge in [-0.1, -0.05) is 62.6 Å². The summed E-state index contributed by atoms with van der Waals surface area (Å²) in [5.41, 5.74) is 2.22. The maximum Gasteiger partial charge on any atom is 0.251 e. The van der Waals surface area contributed by atoms with Gasteiger partial charge in [0.25, 0.3) is 5.91 Å². The summed E-state index contributed by atoms with van der Waals surface area (Å²) in [5, 5.41) is 15.6. The van der Waals surface area contributed by atoms with Crippen molar-refractivity contribution in [3.8, 4) is 11.4 Å². The number of hydrogen-bond donors (Lipinski definition) is 1. The fourth-order valence-corrected chi connectivity index (χ4v) is 4.59. The first-order chi connectivity index (χ1) is 17.3. The van der Waals surface area contributed by atoms with Crippen LogP contribution >= 0.6 is 0 Å². The fourth-order valence-electron chi connectivity index (χ4n) is 4.59. The average molecular weight is 493 g/mol. The number of tetrazole rings is 1. The smallest absolute Gasteiger partial charge is 0.251 e. The van der Waals surface area contributed by atoms with Crippen LogP contribution in [0.5, 0.6) is 0 Å². The largest absolute Gasteiger partial charge is 0.352 e. The molecule has 8 nitrogen and oxygen atoms in total. The van der Waals surface area contributed by atoms with Gasteiger partial charge in [-0.05, 0) is 55.5 Å². The van der Waals surface area contributed by atoms with Crippen molar-refractivity contribution in [3.63, 3.8) is 0 Å². The predicted molar refractivity (Wildman–Crippen MR) is 136 cm³/mol. The van der Waals surface area contributed by atoms with Crippen LogP contribution in [-0.2, 0) is 16.1 Å². The van der Waals surface area contributed by atoms with E-state index in [0.717, 1.165) is 36.8 Å². The summed E-state index contributed by atoms with van der Waals surface area (Å²) >= 11 is 0. The summed E-state index contributed by atoms with van der Waals surface area (Å²) in [7, 11) is 0. The zero-order chi connectivity index (χ0) is 25.7. The van der Waals surface area contributed by atoms with E-state index in [9.17, 15) is 14.0 Å². The van der Waals surface area contributed by atoms with Crippen LogP contribution in [0.3, 0.4) is 0 Å². The molecule has 1 atom stereocenters. The molecule has 1 fully saturated rings. The standard InChI is InChI=1S/C27H33FN6O2/c1-18(2)15-24(27(36)29-22-8-4-5-9-22)34(23-10-6-7-21(28)16-23)25(35)17-33-31-26(30-32-33)20-13-11-19(3)12-14-20/h6-7,10-14,16,18,22,24H,4-5,8-9,15,17H2,1-3H3,(H,29,36). The second kappa shape index (κ2) is 11.4. The van der Waals surface area contributed by atoms with Crippen molar-refractivity contribution in [2.75, 3.05) is 4.90 Å². The van der Waals surface area contributed by atoms with Crippen LogP contribution in [0.2, 0.25) is 0 Å². The summed E-state index contributed by atoms with van der Waals surface area (Å²) in [6, 6.07) is 12.8. The van der Waals surface area contributed by atoms with Crippen LogP contribution in [0, 0.1) is 18.7 Å². The Morgan fingerprint density at radius 2 is 1.86 bits per heavy atom. The lowest BCUT2D eigenvalue weighted by atomic mass is 10.00. The van der Waals surface area contributed by atoms with E-state index in [1.807, 2.05) is 45.0 Å². The average Bonchev–Trinajstić information content (AvgIpc) is 3.51. The van der Waals surface area contributed by atoms with Gasteiger partial charge in [0.2, 0.25) is 11.7 Å². The zero-order valence-corrected chi connectivity index (χ0v) is 21.0. The minimum absolute atomic E-state index is 0.102. The Balaban J connectivity index is 1.62. The van der Waals surface area contributed by atoms with E-state index in [0.29, 0.717) is 17.9 Å². The molecule has 0 spiro atoms. The normalized spacial score (nSPS) is 14.7. The molecule has 1 aliphatic carbocycles. The van der Waals surface area contributed by atoms with Gasteiger partial charge < -0.3 is 5.32 Å². The number of aryl methyl sites for hydroxylation is 1. The van der Waals surface area contributed by atoms with Crippen molar-refractivity contribution in [2.24, 2.45) is 5.92 Å². The van der Waals surface area contributed by atoms with Gasteiger partial charge in [0.1, 0.15) is 18.4 Å². The van der Waals surface area contributed by atoms with E-state index in [1.165, 1.54) is 27.9 Å². The van der Waals surface area contributed by atoms with E-state index in [1.54, 1.807) is 6.07 Å². The molecule has 1 unspecified atom stereocenters. The van der Waals surface area contributed by atoms with Crippen LogP contribution in [0.25, 0.3) is 11.4 Å². The van der Waals surface area contributed by atoms with Gasteiger partial charge in [-0.15, -0.1) is 10.2 Å². The molecule has 4 rings (SSSR count). The highest BCUT2D eigenvalue weighted by Gasteiger charge is 2.34. The topological polar surface area (TPSA) is 93.0 Å². The van der Waals surface area contributed by atoms with Gasteiger partial charge >= 0.3 is 0 Å². The third-order valence-electron chi connectivity index (χ3n) is 6.40. The van der Waals surface area contributed by atoms with Crippen LogP contribution < -0.4 is 10.2 Å². The number of amides is 2. The maximum atomic E-state index is 14.2. The quantitative estimate of drug-likeness (QED) is 0.481. The Kier molecular flexibility index (Phi) is 8.07. The summed E-state index contributed by atoms with van der Waals surface area (Å²) in [6.07, 6.45) is 4.44. The molecule has 1 N–H and O–H groups in total. The Morgan fingerprint density at radius 3 is 2.53 bits per heavy atom. The molecule has 190 valence electrons. The molecule has 9 heteroatoms. The summed E-state index contributed by atoms with van der Waals surface area (Å²) in [4.78, 5) is 29.7. The van der Waals surface area contributed by atoms with Crippen LogP contribution in [0.15, 0.2) is 48.5 Å². The van der Waals surface area contributed by atoms with Gasteiger partial charge in [-0.2, -0.15) is 4.80 Å². The van der Waals surface area contributed by atoms with Crippen molar-refractivity contribution < 1.29 is 14.0 Å². The number of hydrogen-bond acceptors (Lipinski definition) is 5. The molecule has 0 aliphatic heterocycles. The molecule has 0 bridgehead atoms. The van der Waals surface area contributed by atoms with Crippen LogP contribution in [-0.4, -0.2) is 44.1 Å². The van der Waals surface area contributed by atoms with Gasteiger partial charge in [0.05, 0.1) is 0 Å². The molecule has 1 aromatic heterocycles. The number of carbonyl (C=O) groups is 2. The molecule has 2 amide bonds. The SMILES string of the molecule is Cc1ccc(-c2nnn(CC(=O)N(c3cccc(F)c3)C(CC(C)C)C(=O)NC3CCCC3)n2)cc1. The van der Waals surface area contributed by atoms with E-state index < -0.39 is 17.8 Å². The number of aromatic nitrogens is 4. The Bertz CT molecular complexity index is 1190. The molecule has 1 heterocycles. The van der Waals surface area contributed by atoms with Gasteiger partial charge in [0, 0.05) is 17.3 Å². The van der Waals surface area contributed by atoms with Gasteiger partial charge in [0.15, 0.2) is 0 Å². The number of nitrogens with zero attached hydrogens (tertiary/aromatic N) is 5. The second-order valence-electron chi connectivity index (χ2n) is 9.89. The van der Waals surface area contributed by atoms with E-state index in [2.05, 4.69) is 20.7 Å². The lowest BCUT2D eigenvalue weighted by molar-refractivity contribution is -0.127. The summed E-state index contributed by atoms with van der Waals surface area (Å²) < 4.78 is 14.2.